The van der Waals surface area contributed by atoms with Crippen LogP contribution in [0.3, 0.4) is 0 Å². The first-order valence-corrected chi connectivity index (χ1v) is 6.78. The fraction of sp³-hybridized carbons (Fsp3) is 0.769. The fourth-order valence-electron chi connectivity index (χ4n) is 2.28. The summed E-state index contributed by atoms with van der Waals surface area (Å²) in [5, 5.41) is 16.7. The van der Waals surface area contributed by atoms with Crippen LogP contribution >= 0.6 is 0 Å². The molecule has 1 saturated heterocycles. The van der Waals surface area contributed by atoms with Crippen molar-refractivity contribution in [1.82, 2.24) is 10.2 Å². The summed E-state index contributed by atoms with van der Waals surface area (Å²) in [7, 11) is 0. The first kappa shape index (κ1) is 14.0. The number of hydrogen-bond donors (Lipinski definition) is 1. The highest BCUT2D eigenvalue weighted by Crippen LogP contribution is 2.17. The molecule has 1 N–H and O–H groups in total. The Kier molecular flexibility index (Phi) is 4.90. The number of nitrogens with zero attached hydrogens (tertiary/aromatic N) is 2. The van der Waals surface area contributed by atoms with E-state index in [1.165, 1.54) is 6.42 Å². The lowest BCUT2D eigenvalue weighted by Crippen LogP contribution is -2.21. The average Bonchev–Trinajstić information content (AvgIpc) is 2.76. The minimum absolute atomic E-state index is 0.00303. The molecule has 0 spiro atoms. The molecule has 2 atom stereocenters. The van der Waals surface area contributed by atoms with Gasteiger partial charge in [0.15, 0.2) is 0 Å². The molecule has 1 fully saturated rings. The first-order valence-electron chi connectivity index (χ1n) is 6.78. The Bertz CT molecular complexity index is 413. The van der Waals surface area contributed by atoms with Crippen LogP contribution in [0.25, 0.3) is 0 Å². The first-order chi connectivity index (χ1) is 9.13. The van der Waals surface area contributed by atoms with E-state index < -0.39 is 5.97 Å². The largest absolute Gasteiger partial charge is 0.481 e. The van der Waals surface area contributed by atoms with Crippen LogP contribution in [-0.2, 0) is 22.4 Å². The molecule has 2 heterocycles. The summed E-state index contributed by atoms with van der Waals surface area (Å²) in [5.74, 6) is 0.295. The van der Waals surface area contributed by atoms with Crippen molar-refractivity contribution in [3.05, 3.63) is 11.8 Å². The topological polar surface area (TPSA) is 85.5 Å². The monoisotopic (exact) mass is 268 g/mol. The number of carboxylic acid groups (broad SMARTS) is 1. The summed E-state index contributed by atoms with van der Waals surface area (Å²) >= 11 is 0. The molecule has 6 heteroatoms. The third-order valence-electron chi connectivity index (χ3n) is 3.23. The lowest BCUT2D eigenvalue weighted by Gasteiger charge is -2.20. The van der Waals surface area contributed by atoms with Crippen molar-refractivity contribution < 1.29 is 19.1 Å². The lowest BCUT2D eigenvalue weighted by molar-refractivity contribution is -0.137. The Morgan fingerprint density at radius 3 is 2.89 bits per heavy atom. The molecule has 19 heavy (non-hydrogen) atoms. The lowest BCUT2D eigenvalue weighted by atomic mass is 10.0. The SMILES string of the molecule is CC(CC(=O)O)Cc1nnc(CC2CCCCO2)o1. The van der Waals surface area contributed by atoms with Gasteiger partial charge in [0.05, 0.1) is 12.5 Å². The maximum atomic E-state index is 10.6. The van der Waals surface area contributed by atoms with E-state index in [-0.39, 0.29) is 18.4 Å². The summed E-state index contributed by atoms with van der Waals surface area (Å²) in [6.45, 7) is 2.67. The number of rotatable bonds is 6. The normalized spacial score (nSPS) is 21.2. The van der Waals surface area contributed by atoms with E-state index >= 15 is 0 Å². The smallest absolute Gasteiger partial charge is 0.303 e. The zero-order chi connectivity index (χ0) is 13.7. The molecule has 2 rings (SSSR count). The second kappa shape index (κ2) is 6.65. The molecule has 0 amide bonds. The van der Waals surface area contributed by atoms with Gasteiger partial charge in [-0.1, -0.05) is 6.92 Å². The van der Waals surface area contributed by atoms with E-state index in [9.17, 15) is 4.79 Å². The number of aromatic nitrogens is 2. The molecular formula is C13H20N2O4. The van der Waals surface area contributed by atoms with Gasteiger partial charge in [0.1, 0.15) is 0 Å². The van der Waals surface area contributed by atoms with Crippen molar-refractivity contribution in [2.24, 2.45) is 5.92 Å². The molecule has 1 aliphatic heterocycles. The van der Waals surface area contributed by atoms with Gasteiger partial charge in [0.25, 0.3) is 0 Å². The highest BCUT2D eigenvalue weighted by atomic mass is 16.5. The third kappa shape index (κ3) is 4.63. The Morgan fingerprint density at radius 1 is 1.42 bits per heavy atom. The Balaban J connectivity index is 1.82. The molecule has 2 unspecified atom stereocenters. The van der Waals surface area contributed by atoms with Crippen LogP contribution in [0.1, 0.15) is 44.4 Å². The Labute approximate surface area is 112 Å². The number of ether oxygens (including phenoxy) is 1. The summed E-state index contributed by atoms with van der Waals surface area (Å²) in [4.78, 5) is 10.6. The minimum atomic E-state index is -0.803. The molecule has 1 aromatic heterocycles. The molecule has 0 radical (unpaired) electrons. The van der Waals surface area contributed by atoms with E-state index in [1.807, 2.05) is 6.92 Å². The standard InChI is InChI=1S/C13H20N2O4/c1-9(7-13(16)17)6-11-14-15-12(19-11)8-10-4-2-3-5-18-10/h9-10H,2-8H2,1H3,(H,16,17). The number of aliphatic carboxylic acids is 1. The highest BCUT2D eigenvalue weighted by Gasteiger charge is 2.19. The average molecular weight is 268 g/mol. The fourth-order valence-corrected chi connectivity index (χ4v) is 2.28. The van der Waals surface area contributed by atoms with E-state index in [4.69, 9.17) is 14.3 Å². The molecule has 0 bridgehead atoms. The van der Waals surface area contributed by atoms with E-state index in [0.29, 0.717) is 24.6 Å². The summed E-state index contributed by atoms with van der Waals surface area (Å²) in [5.41, 5.74) is 0. The number of carbonyl (C=O) groups is 1. The van der Waals surface area contributed by atoms with E-state index in [0.717, 1.165) is 19.4 Å². The second-order valence-electron chi connectivity index (χ2n) is 5.19. The zero-order valence-electron chi connectivity index (χ0n) is 11.2. The molecule has 0 aliphatic carbocycles. The second-order valence-corrected chi connectivity index (χ2v) is 5.19. The molecule has 1 aliphatic rings. The van der Waals surface area contributed by atoms with E-state index in [1.54, 1.807) is 0 Å². The van der Waals surface area contributed by atoms with Crippen LogP contribution in [0.5, 0.6) is 0 Å². The summed E-state index contributed by atoms with van der Waals surface area (Å²) in [6.07, 6.45) is 4.79. The van der Waals surface area contributed by atoms with Crippen LogP contribution in [0.2, 0.25) is 0 Å². The molecule has 0 saturated carbocycles. The number of carboxylic acids is 1. The van der Waals surface area contributed by atoms with Gasteiger partial charge in [0, 0.05) is 19.4 Å². The predicted molar refractivity (Wildman–Crippen MR) is 66.7 cm³/mol. The maximum absolute atomic E-state index is 10.6. The van der Waals surface area contributed by atoms with Gasteiger partial charge in [0.2, 0.25) is 11.8 Å². The van der Waals surface area contributed by atoms with Gasteiger partial charge in [-0.25, -0.2) is 0 Å². The van der Waals surface area contributed by atoms with Crippen molar-refractivity contribution in [3.8, 4) is 0 Å². The zero-order valence-corrected chi connectivity index (χ0v) is 11.2. The molecule has 6 nitrogen and oxygen atoms in total. The van der Waals surface area contributed by atoms with Crippen molar-refractivity contribution in [1.29, 1.82) is 0 Å². The highest BCUT2D eigenvalue weighted by molar-refractivity contribution is 5.66. The van der Waals surface area contributed by atoms with E-state index in [2.05, 4.69) is 10.2 Å². The van der Waals surface area contributed by atoms with Crippen molar-refractivity contribution in [2.45, 2.75) is 51.6 Å². The van der Waals surface area contributed by atoms with Crippen molar-refractivity contribution >= 4 is 5.97 Å². The molecular weight excluding hydrogens is 248 g/mol. The molecule has 106 valence electrons. The van der Waals surface area contributed by atoms with Gasteiger partial charge >= 0.3 is 5.97 Å². The molecule has 1 aromatic rings. The Morgan fingerprint density at radius 2 is 2.21 bits per heavy atom. The predicted octanol–water partition coefficient (Wildman–Crippen LogP) is 1.83. The van der Waals surface area contributed by atoms with Gasteiger partial charge in [-0.3, -0.25) is 4.79 Å². The maximum Gasteiger partial charge on any atom is 0.303 e. The van der Waals surface area contributed by atoms with Gasteiger partial charge in [-0.15, -0.1) is 10.2 Å². The summed E-state index contributed by atoms with van der Waals surface area (Å²) < 4.78 is 11.2. The van der Waals surface area contributed by atoms with Crippen molar-refractivity contribution in [3.63, 3.8) is 0 Å². The molecule has 0 aromatic carbocycles. The number of hydrogen-bond acceptors (Lipinski definition) is 5. The third-order valence-corrected chi connectivity index (χ3v) is 3.23. The van der Waals surface area contributed by atoms with Gasteiger partial charge in [-0.05, 0) is 25.2 Å². The van der Waals surface area contributed by atoms with Gasteiger partial charge < -0.3 is 14.3 Å². The van der Waals surface area contributed by atoms with Crippen LogP contribution in [0, 0.1) is 5.92 Å². The van der Waals surface area contributed by atoms with Crippen molar-refractivity contribution in [2.75, 3.05) is 6.61 Å². The summed E-state index contributed by atoms with van der Waals surface area (Å²) in [6, 6.07) is 0. The minimum Gasteiger partial charge on any atom is -0.481 e. The Hall–Kier alpha value is -1.43. The van der Waals surface area contributed by atoms with Crippen LogP contribution in [0.15, 0.2) is 4.42 Å². The van der Waals surface area contributed by atoms with Gasteiger partial charge in [-0.2, -0.15) is 0 Å². The van der Waals surface area contributed by atoms with Crippen LogP contribution < -0.4 is 0 Å². The van der Waals surface area contributed by atoms with Crippen LogP contribution in [-0.4, -0.2) is 34.0 Å². The quantitative estimate of drug-likeness (QED) is 0.847. The van der Waals surface area contributed by atoms with Crippen LogP contribution in [0.4, 0.5) is 0 Å².